The van der Waals surface area contributed by atoms with Crippen LogP contribution < -0.4 is 5.32 Å². The molecule has 1 rings (SSSR count). The Kier molecular flexibility index (Phi) is 6.26. The van der Waals surface area contributed by atoms with E-state index >= 15 is 0 Å². The molecule has 1 unspecified atom stereocenters. The lowest BCUT2D eigenvalue weighted by Crippen LogP contribution is -2.32. The van der Waals surface area contributed by atoms with Crippen LogP contribution in [0.4, 0.5) is 0 Å². The van der Waals surface area contributed by atoms with Crippen LogP contribution in [0.15, 0.2) is 5.38 Å². The fourth-order valence-electron chi connectivity index (χ4n) is 1.76. The van der Waals surface area contributed by atoms with Crippen molar-refractivity contribution in [3.05, 3.63) is 16.1 Å². The van der Waals surface area contributed by atoms with Crippen molar-refractivity contribution in [3.8, 4) is 0 Å². The predicted octanol–water partition coefficient (Wildman–Crippen LogP) is 3.35. The van der Waals surface area contributed by atoms with Gasteiger partial charge in [0.2, 0.25) is 0 Å². The lowest BCUT2D eigenvalue weighted by atomic mass is 9.93. The lowest BCUT2D eigenvalue weighted by Gasteiger charge is -2.16. The SMILES string of the molecule is CCCC(COC)NCc1nc(C(C)(C)C)cs1. The Labute approximate surface area is 115 Å². The van der Waals surface area contributed by atoms with E-state index < -0.39 is 0 Å². The third-order valence-corrected chi connectivity index (χ3v) is 3.72. The van der Waals surface area contributed by atoms with Crippen LogP contribution >= 0.6 is 11.3 Å². The monoisotopic (exact) mass is 270 g/mol. The van der Waals surface area contributed by atoms with Gasteiger partial charge in [0.1, 0.15) is 5.01 Å². The average Bonchev–Trinajstić information content (AvgIpc) is 2.75. The summed E-state index contributed by atoms with van der Waals surface area (Å²) in [6.45, 7) is 10.4. The van der Waals surface area contributed by atoms with Crippen molar-refractivity contribution in [2.75, 3.05) is 13.7 Å². The van der Waals surface area contributed by atoms with E-state index in [1.807, 2.05) is 0 Å². The van der Waals surface area contributed by atoms with Gasteiger partial charge >= 0.3 is 0 Å². The zero-order valence-electron chi connectivity index (χ0n) is 12.2. The molecule has 1 atom stereocenters. The highest BCUT2D eigenvalue weighted by Crippen LogP contribution is 2.23. The van der Waals surface area contributed by atoms with Crippen LogP contribution in [0, 0.1) is 0 Å². The minimum atomic E-state index is 0.143. The Bertz CT molecular complexity index is 338. The quantitative estimate of drug-likeness (QED) is 0.825. The third kappa shape index (κ3) is 5.04. The molecule has 0 fully saturated rings. The van der Waals surface area contributed by atoms with Gasteiger partial charge in [-0.05, 0) is 6.42 Å². The summed E-state index contributed by atoms with van der Waals surface area (Å²) in [6, 6.07) is 0.432. The van der Waals surface area contributed by atoms with Crippen LogP contribution in [-0.4, -0.2) is 24.7 Å². The minimum absolute atomic E-state index is 0.143. The number of ether oxygens (including phenoxy) is 1. The van der Waals surface area contributed by atoms with Crippen molar-refractivity contribution < 1.29 is 4.74 Å². The maximum Gasteiger partial charge on any atom is 0.107 e. The molecule has 0 spiro atoms. The molecule has 0 radical (unpaired) electrons. The number of rotatable bonds is 7. The van der Waals surface area contributed by atoms with E-state index in [1.165, 1.54) is 12.1 Å². The third-order valence-electron chi connectivity index (χ3n) is 2.87. The van der Waals surface area contributed by atoms with Gasteiger partial charge < -0.3 is 10.1 Å². The number of hydrogen-bond acceptors (Lipinski definition) is 4. The van der Waals surface area contributed by atoms with Crippen molar-refractivity contribution >= 4 is 11.3 Å². The first-order valence-corrected chi connectivity index (χ1v) is 7.52. The molecule has 0 aliphatic rings. The van der Waals surface area contributed by atoms with Gasteiger partial charge in [-0.2, -0.15) is 0 Å². The smallest absolute Gasteiger partial charge is 0.107 e. The summed E-state index contributed by atoms with van der Waals surface area (Å²) >= 11 is 1.74. The molecule has 0 bridgehead atoms. The summed E-state index contributed by atoms with van der Waals surface area (Å²) in [6.07, 6.45) is 2.32. The van der Waals surface area contributed by atoms with Crippen molar-refractivity contribution in [1.29, 1.82) is 0 Å². The maximum atomic E-state index is 5.22. The van der Waals surface area contributed by atoms with E-state index in [4.69, 9.17) is 4.74 Å². The normalized spacial score (nSPS) is 13.8. The predicted molar refractivity (Wildman–Crippen MR) is 78.2 cm³/mol. The van der Waals surface area contributed by atoms with E-state index in [1.54, 1.807) is 18.4 Å². The summed E-state index contributed by atoms with van der Waals surface area (Å²) in [5, 5.41) is 6.86. The maximum absolute atomic E-state index is 5.22. The van der Waals surface area contributed by atoms with E-state index in [2.05, 4.69) is 43.4 Å². The number of thiazole rings is 1. The largest absolute Gasteiger partial charge is 0.383 e. The summed E-state index contributed by atoms with van der Waals surface area (Å²) in [5.41, 5.74) is 1.33. The molecule has 0 aromatic carbocycles. The molecular weight excluding hydrogens is 244 g/mol. The first kappa shape index (κ1) is 15.6. The van der Waals surface area contributed by atoms with Crippen LogP contribution in [0.2, 0.25) is 0 Å². The minimum Gasteiger partial charge on any atom is -0.383 e. The van der Waals surface area contributed by atoms with Crippen LogP contribution in [0.1, 0.15) is 51.2 Å². The van der Waals surface area contributed by atoms with E-state index in [-0.39, 0.29) is 5.41 Å². The molecule has 0 aliphatic heterocycles. The second-order valence-electron chi connectivity index (χ2n) is 5.70. The molecule has 1 aromatic rings. The Hall–Kier alpha value is -0.450. The molecule has 0 saturated carbocycles. The van der Waals surface area contributed by atoms with Gasteiger partial charge in [0.25, 0.3) is 0 Å². The summed E-state index contributed by atoms with van der Waals surface area (Å²) in [4.78, 5) is 4.69. The van der Waals surface area contributed by atoms with Gasteiger partial charge in [-0.25, -0.2) is 4.98 Å². The molecule has 1 N–H and O–H groups in total. The van der Waals surface area contributed by atoms with Crippen LogP contribution in [0.5, 0.6) is 0 Å². The standard InChI is InChI=1S/C14H26N2OS/c1-6-7-11(9-17-5)15-8-13-16-12(10-18-13)14(2,3)4/h10-11,15H,6-9H2,1-5H3. The number of nitrogens with one attached hydrogen (secondary N) is 1. The number of hydrogen-bond donors (Lipinski definition) is 1. The highest BCUT2D eigenvalue weighted by molar-refractivity contribution is 7.09. The molecule has 0 saturated heterocycles. The Morgan fingerprint density at radius 3 is 2.67 bits per heavy atom. The molecule has 0 amide bonds. The Balaban J connectivity index is 2.49. The van der Waals surface area contributed by atoms with E-state index in [0.717, 1.165) is 24.6 Å². The molecule has 104 valence electrons. The molecule has 1 heterocycles. The van der Waals surface area contributed by atoms with Crippen LogP contribution in [-0.2, 0) is 16.7 Å². The van der Waals surface area contributed by atoms with Gasteiger partial charge in [0.05, 0.1) is 12.3 Å². The summed E-state index contributed by atoms with van der Waals surface area (Å²) in [5.74, 6) is 0. The van der Waals surface area contributed by atoms with Gasteiger partial charge in [0.15, 0.2) is 0 Å². The van der Waals surface area contributed by atoms with E-state index in [9.17, 15) is 0 Å². The zero-order chi connectivity index (χ0) is 13.6. The molecule has 4 heteroatoms. The van der Waals surface area contributed by atoms with Crippen molar-refractivity contribution in [2.24, 2.45) is 0 Å². The second kappa shape index (κ2) is 7.22. The van der Waals surface area contributed by atoms with E-state index in [0.29, 0.717) is 6.04 Å². The lowest BCUT2D eigenvalue weighted by molar-refractivity contribution is 0.161. The molecule has 0 aliphatic carbocycles. The first-order chi connectivity index (χ1) is 8.47. The van der Waals surface area contributed by atoms with Gasteiger partial charge in [-0.15, -0.1) is 11.3 Å². The molecule has 1 aromatic heterocycles. The van der Waals surface area contributed by atoms with Gasteiger partial charge in [0, 0.05) is 30.5 Å². The highest BCUT2D eigenvalue weighted by Gasteiger charge is 2.17. The van der Waals surface area contributed by atoms with Crippen LogP contribution in [0.25, 0.3) is 0 Å². The van der Waals surface area contributed by atoms with Gasteiger partial charge in [-0.3, -0.25) is 0 Å². The first-order valence-electron chi connectivity index (χ1n) is 6.64. The fourth-order valence-corrected chi connectivity index (χ4v) is 2.73. The Morgan fingerprint density at radius 2 is 2.17 bits per heavy atom. The number of aromatic nitrogens is 1. The number of methoxy groups -OCH3 is 1. The average molecular weight is 270 g/mol. The van der Waals surface area contributed by atoms with Crippen molar-refractivity contribution in [3.63, 3.8) is 0 Å². The van der Waals surface area contributed by atoms with Crippen molar-refractivity contribution in [1.82, 2.24) is 10.3 Å². The molecule has 18 heavy (non-hydrogen) atoms. The Morgan fingerprint density at radius 1 is 1.44 bits per heavy atom. The van der Waals surface area contributed by atoms with Crippen molar-refractivity contribution in [2.45, 2.75) is 58.5 Å². The zero-order valence-corrected chi connectivity index (χ0v) is 13.1. The summed E-state index contributed by atoms with van der Waals surface area (Å²) in [7, 11) is 1.76. The van der Waals surface area contributed by atoms with Gasteiger partial charge in [-0.1, -0.05) is 34.1 Å². The molecule has 3 nitrogen and oxygen atoms in total. The highest BCUT2D eigenvalue weighted by atomic mass is 32.1. The molecular formula is C14H26N2OS. The second-order valence-corrected chi connectivity index (χ2v) is 6.64. The topological polar surface area (TPSA) is 34.1 Å². The van der Waals surface area contributed by atoms with Crippen LogP contribution in [0.3, 0.4) is 0 Å². The fraction of sp³-hybridized carbons (Fsp3) is 0.786. The number of nitrogens with zero attached hydrogens (tertiary/aromatic N) is 1. The summed E-state index contributed by atoms with van der Waals surface area (Å²) < 4.78 is 5.22.